The molecule has 4 heteroatoms. The smallest absolute Gasteiger partial charge is 0.160 e. The summed E-state index contributed by atoms with van der Waals surface area (Å²) >= 11 is 1.83. The van der Waals surface area contributed by atoms with Gasteiger partial charge in [0.2, 0.25) is 0 Å². The number of benzene rings is 8. The van der Waals surface area contributed by atoms with Crippen molar-refractivity contribution < 1.29 is 0 Å². The molecule has 0 unspecified atom stereocenters. The molecule has 0 fully saturated rings. The highest BCUT2D eigenvalue weighted by Gasteiger charge is 2.19. The third kappa shape index (κ3) is 5.71. The number of fused-ring (bicyclic) bond motifs is 7. The van der Waals surface area contributed by atoms with E-state index in [1.54, 1.807) is 0 Å². The molecule has 1 aliphatic rings. The molecule has 0 bridgehead atoms. The van der Waals surface area contributed by atoms with Crippen LogP contribution in [0.1, 0.15) is 12.8 Å². The van der Waals surface area contributed by atoms with E-state index in [2.05, 4.69) is 199 Å². The van der Waals surface area contributed by atoms with E-state index in [0.29, 0.717) is 0 Å². The highest BCUT2D eigenvalue weighted by atomic mass is 32.1. The van der Waals surface area contributed by atoms with Crippen molar-refractivity contribution in [3.05, 3.63) is 200 Å². The fourth-order valence-corrected chi connectivity index (χ4v) is 10.5. The maximum absolute atomic E-state index is 5.28. The van der Waals surface area contributed by atoms with Crippen LogP contribution >= 0.6 is 11.3 Å². The van der Waals surface area contributed by atoms with Gasteiger partial charge in [0.15, 0.2) is 5.82 Å². The molecule has 0 spiro atoms. The fourth-order valence-electron chi connectivity index (χ4n) is 9.24. The molecule has 1 aliphatic carbocycles. The van der Waals surface area contributed by atoms with Gasteiger partial charge in [0, 0.05) is 53.3 Å². The minimum atomic E-state index is 0.718. The molecule has 0 amide bonds. The third-order valence-corrected chi connectivity index (χ3v) is 13.3. The minimum Gasteiger partial charge on any atom is -0.313 e. The van der Waals surface area contributed by atoms with Gasteiger partial charge in [-0.2, -0.15) is 0 Å². The summed E-state index contributed by atoms with van der Waals surface area (Å²) in [6.45, 7) is 0. The van der Waals surface area contributed by atoms with E-state index < -0.39 is 0 Å². The standard InChI is InChI=1S/C56H37N3S/c1-3-14-38(15-4-1)56-57-50(35-51(58-56)49-23-13-22-48-47-21-10-12-25-54(47)60-55(48)49)44-33-32-41(42-18-7-8-19-43(42)44)37-28-26-36(27-29-37)39-30-31-46-45-20-9-11-24-52(45)59(53(46)34-39)40-16-5-2-6-17-40/h1-5,7-16,18-35H,6,17H2. The summed E-state index contributed by atoms with van der Waals surface area (Å²) in [5.74, 6) is 0.718. The second-order valence-corrected chi connectivity index (χ2v) is 16.7. The largest absolute Gasteiger partial charge is 0.313 e. The fraction of sp³-hybridized carbons (Fsp3) is 0.0357. The van der Waals surface area contributed by atoms with E-state index in [0.717, 1.165) is 52.1 Å². The first-order chi connectivity index (χ1) is 29.7. The predicted molar refractivity (Wildman–Crippen MR) is 255 cm³/mol. The summed E-state index contributed by atoms with van der Waals surface area (Å²) in [5, 5.41) is 7.47. The number of nitrogens with zero attached hydrogens (tertiary/aromatic N) is 3. The Bertz CT molecular complexity index is 3530. The molecule has 3 aromatic heterocycles. The van der Waals surface area contributed by atoms with Crippen molar-refractivity contribution >= 4 is 69.8 Å². The van der Waals surface area contributed by atoms with E-state index in [-0.39, 0.29) is 0 Å². The summed E-state index contributed by atoms with van der Waals surface area (Å²) in [6, 6.07) is 65.8. The van der Waals surface area contributed by atoms with Crippen LogP contribution in [-0.2, 0) is 0 Å². The maximum Gasteiger partial charge on any atom is 0.160 e. The Hall–Kier alpha value is -7.40. The number of hydrogen-bond donors (Lipinski definition) is 0. The molecule has 282 valence electrons. The lowest BCUT2D eigenvalue weighted by atomic mass is 9.92. The van der Waals surface area contributed by atoms with Gasteiger partial charge in [0.1, 0.15) is 0 Å². The van der Waals surface area contributed by atoms with Gasteiger partial charge in [-0.25, -0.2) is 9.97 Å². The Morgan fingerprint density at radius 2 is 1.08 bits per heavy atom. The van der Waals surface area contributed by atoms with E-state index in [9.17, 15) is 0 Å². The molecule has 0 radical (unpaired) electrons. The lowest BCUT2D eigenvalue weighted by Gasteiger charge is -2.15. The zero-order chi connectivity index (χ0) is 39.6. The van der Waals surface area contributed by atoms with Crippen molar-refractivity contribution in [3.8, 4) is 56.2 Å². The number of thiophene rings is 1. The van der Waals surface area contributed by atoms with Gasteiger partial charge in [0.05, 0.1) is 22.4 Å². The van der Waals surface area contributed by atoms with Gasteiger partial charge >= 0.3 is 0 Å². The Balaban J connectivity index is 0.960. The second-order valence-electron chi connectivity index (χ2n) is 15.6. The van der Waals surface area contributed by atoms with Crippen molar-refractivity contribution in [3.63, 3.8) is 0 Å². The molecular weight excluding hydrogens is 747 g/mol. The Kier molecular flexibility index (Phi) is 8.17. The van der Waals surface area contributed by atoms with E-state index in [1.165, 1.54) is 75.3 Å². The molecule has 11 aromatic rings. The van der Waals surface area contributed by atoms with Crippen LogP contribution in [0.2, 0.25) is 0 Å². The van der Waals surface area contributed by atoms with Gasteiger partial charge in [-0.15, -0.1) is 11.3 Å². The van der Waals surface area contributed by atoms with Crippen LogP contribution in [0.25, 0.3) is 115 Å². The number of hydrogen-bond acceptors (Lipinski definition) is 3. The Morgan fingerprint density at radius 3 is 1.90 bits per heavy atom. The molecule has 3 heterocycles. The van der Waals surface area contributed by atoms with Gasteiger partial charge in [-0.05, 0) is 76.2 Å². The highest BCUT2D eigenvalue weighted by Crippen LogP contribution is 2.42. The average molecular weight is 784 g/mol. The lowest BCUT2D eigenvalue weighted by molar-refractivity contribution is 0.979. The van der Waals surface area contributed by atoms with Gasteiger partial charge in [-0.3, -0.25) is 0 Å². The molecule has 8 aromatic carbocycles. The molecule has 0 saturated heterocycles. The van der Waals surface area contributed by atoms with Crippen molar-refractivity contribution in [2.45, 2.75) is 12.8 Å². The lowest BCUT2D eigenvalue weighted by Crippen LogP contribution is -1.98. The molecule has 60 heavy (non-hydrogen) atoms. The monoisotopic (exact) mass is 783 g/mol. The van der Waals surface area contributed by atoms with Crippen LogP contribution in [0.5, 0.6) is 0 Å². The second kappa shape index (κ2) is 14.2. The first-order valence-electron chi connectivity index (χ1n) is 20.6. The first-order valence-corrected chi connectivity index (χ1v) is 21.4. The average Bonchev–Trinajstić information content (AvgIpc) is 3.87. The van der Waals surface area contributed by atoms with Crippen LogP contribution in [0, 0.1) is 0 Å². The van der Waals surface area contributed by atoms with Crippen LogP contribution in [0.3, 0.4) is 0 Å². The van der Waals surface area contributed by atoms with E-state index in [4.69, 9.17) is 9.97 Å². The summed E-state index contributed by atoms with van der Waals surface area (Å²) in [4.78, 5) is 10.5. The van der Waals surface area contributed by atoms with Gasteiger partial charge in [-0.1, -0.05) is 170 Å². The number of para-hydroxylation sites is 1. The molecule has 0 N–H and O–H groups in total. The summed E-state index contributed by atoms with van der Waals surface area (Å²) in [5.41, 5.74) is 13.7. The van der Waals surface area contributed by atoms with Crippen LogP contribution in [0.15, 0.2) is 200 Å². The van der Waals surface area contributed by atoms with Crippen molar-refractivity contribution in [1.82, 2.24) is 14.5 Å². The van der Waals surface area contributed by atoms with E-state index in [1.807, 2.05) is 17.4 Å². The molecule has 0 atom stereocenters. The van der Waals surface area contributed by atoms with Crippen LogP contribution in [0.4, 0.5) is 0 Å². The molecule has 12 rings (SSSR count). The van der Waals surface area contributed by atoms with Crippen LogP contribution < -0.4 is 0 Å². The maximum atomic E-state index is 5.28. The Labute approximate surface area is 351 Å². The number of aromatic nitrogens is 3. The normalized spacial score (nSPS) is 12.9. The Morgan fingerprint density at radius 1 is 0.433 bits per heavy atom. The van der Waals surface area contributed by atoms with Crippen molar-refractivity contribution in [1.29, 1.82) is 0 Å². The van der Waals surface area contributed by atoms with E-state index >= 15 is 0 Å². The van der Waals surface area contributed by atoms with Crippen molar-refractivity contribution in [2.75, 3.05) is 0 Å². The number of allylic oxidation sites excluding steroid dienone is 4. The topological polar surface area (TPSA) is 30.7 Å². The van der Waals surface area contributed by atoms with Gasteiger partial charge in [0.25, 0.3) is 0 Å². The molecular formula is C56H37N3S. The highest BCUT2D eigenvalue weighted by molar-refractivity contribution is 7.26. The predicted octanol–water partition coefficient (Wildman–Crippen LogP) is 15.6. The van der Waals surface area contributed by atoms with Crippen LogP contribution in [-0.4, -0.2) is 14.5 Å². The summed E-state index contributed by atoms with van der Waals surface area (Å²) in [6.07, 6.45) is 8.82. The quantitative estimate of drug-likeness (QED) is 0.168. The van der Waals surface area contributed by atoms with Crippen molar-refractivity contribution in [2.24, 2.45) is 0 Å². The first kappa shape index (κ1) is 34.6. The summed E-state index contributed by atoms with van der Waals surface area (Å²) < 4.78 is 4.99. The minimum absolute atomic E-state index is 0.718. The number of rotatable bonds is 6. The zero-order valence-electron chi connectivity index (χ0n) is 32.7. The molecule has 0 aliphatic heterocycles. The zero-order valence-corrected chi connectivity index (χ0v) is 33.5. The SMILES string of the molecule is C1=CCCC(n2c3ccccc3c3ccc(-c4ccc(-c5ccc(-c6cc(-c7cccc8c7sc7ccccc78)nc(-c7ccccc7)n6)c6ccccc56)cc4)cc32)=C1. The molecule has 0 saturated carbocycles. The molecule has 3 nitrogen and oxygen atoms in total. The summed E-state index contributed by atoms with van der Waals surface area (Å²) in [7, 11) is 0. The van der Waals surface area contributed by atoms with Gasteiger partial charge < -0.3 is 4.57 Å². The third-order valence-electron chi connectivity index (χ3n) is 12.1.